The lowest BCUT2D eigenvalue weighted by Gasteiger charge is -2.11. The molecule has 0 unspecified atom stereocenters. The number of carbonyl (C=O) groups is 4. The molecule has 2 aromatic rings. The fraction of sp³-hybridized carbons (Fsp3) is 0.590. The van der Waals surface area contributed by atoms with Crippen molar-refractivity contribution in [3.8, 4) is 5.75 Å². The van der Waals surface area contributed by atoms with E-state index in [1.54, 1.807) is 12.1 Å². The number of carboxylic acids is 2. The van der Waals surface area contributed by atoms with Gasteiger partial charge in [0, 0.05) is 30.8 Å². The van der Waals surface area contributed by atoms with Gasteiger partial charge in [-0.05, 0) is 61.4 Å². The lowest BCUT2D eigenvalue weighted by molar-refractivity contribution is -0.143. The molecule has 314 valence electrons. The van der Waals surface area contributed by atoms with E-state index in [9.17, 15) is 27.6 Å². The number of anilines is 1. The number of aliphatic carboxylic acids is 2. The summed E-state index contributed by atoms with van der Waals surface area (Å²) in [5.74, 6) is -1.84. The molecule has 0 atom stereocenters. The Bertz CT molecular complexity index is 1510. The van der Waals surface area contributed by atoms with Gasteiger partial charge in [-0.3, -0.25) is 19.1 Å². The van der Waals surface area contributed by atoms with Gasteiger partial charge in [-0.25, -0.2) is 13.2 Å². The number of amides is 2. The molecule has 56 heavy (non-hydrogen) atoms. The molecular formula is C39H59N3O13S. The number of carboxylic acid groups (broad SMARTS) is 2. The first kappa shape index (κ1) is 47.9. The number of unbranched alkanes of at least 4 members (excludes halogenated alkanes) is 10. The summed E-state index contributed by atoms with van der Waals surface area (Å²) in [6.45, 7) is 1.75. The molecule has 2 rings (SSSR count). The minimum absolute atomic E-state index is 0.0849. The molecule has 0 saturated heterocycles. The lowest BCUT2D eigenvalue weighted by Crippen LogP contribution is -2.31. The van der Waals surface area contributed by atoms with Gasteiger partial charge >= 0.3 is 11.9 Å². The molecule has 0 aliphatic carbocycles. The Balaban J connectivity index is 1.50. The summed E-state index contributed by atoms with van der Waals surface area (Å²) < 4.78 is 54.9. The van der Waals surface area contributed by atoms with Crippen LogP contribution in [0, 0.1) is 0 Å². The highest BCUT2D eigenvalue weighted by molar-refractivity contribution is 7.92. The molecule has 17 heteroatoms. The standard InChI is InChI=1S/C39H59N3O13S/c43-36(40-21-24-51-27-29-54-31-38(46)47)30-53-28-26-52-25-22-41-39(48)32-13-15-33(16-14-32)42-56(49,50)35-19-17-34(18-20-35)55-23-11-9-7-5-3-1-2-4-6-8-10-12-37(44)45/h13-20,42H,1-12,21-31H2,(H,40,43)(H,41,48)(H,44,45)(H,46,47). The summed E-state index contributed by atoms with van der Waals surface area (Å²) >= 11 is 0. The van der Waals surface area contributed by atoms with Crippen LogP contribution >= 0.6 is 0 Å². The van der Waals surface area contributed by atoms with Crippen LogP contribution in [-0.2, 0) is 43.4 Å². The van der Waals surface area contributed by atoms with E-state index in [4.69, 9.17) is 33.9 Å². The van der Waals surface area contributed by atoms with Crippen molar-refractivity contribution in [3.05, 3.63) is 54.1 Å². The number of hydrogen-bond donors (Lipinski definition) is 5. The topological polar surface area (TPSA) is 225 Å². The fourth-order valence-corrected chi connectivity index (χ4v) is 6.25. The zero-order valence-electron chi connectivity index (χ0n) is 32.2. The third-order valence-electron chi connectivity index (χ3n) is 8.14. The van der Waals surface area contributed by atoms with Gasteiger partial charge < -0.3 is 44.5 Å². The molecular weight excluding hydrogens is 751 g/mol. The Hall–Kier alpha value is -4.29. The average molecular weight is 810 g/mol. The number of rotatable bonds is 35. The molecule has 0 fully saturated rings. The summed E-state index contributed by atoms with van der Waals surface area (Å²) in [5, 5.41) is 22.5. The van der Waals surface area contributed by atoms with E-state index in [1.807, 2.05) is 0 Å². The summed E-state index contributed by atoms with van der Waals surface area (Å²) in [5.41, 5.74) is 0.652. The van der Waals surface area contributed by atoms with Crippen molar-refractivity contribution in [2.24, 2.45) is 0 Å². The van der Waals surface area contributed by atoms with E-state index < -0.39 is 22.0 Å². The van der Waals surface area contributed by atoms with Crippen LogP contribution in [0.3, 0.4) is 0 Å². The molecule has 0 saturated carbocycles. The van der Waals surface area contributed by atoms with Crippen LogP contribution in [0.4, 0.5) is 5.69 Å². The van der Waals surface area contributed by atoms with Crippen LogP contribution in [0.5, 0.6) is 5.75 Å². The molecule has 0 aliphatic rings. The minimum atomic E-state index is -3.86. The molecule has 5 N–H and O–H groups in total. The maximum absolute atomic E-state index is 12.9. The van der Waals surface area contributed by atoms with Gasteiger partial charge in [-0.2, -0.15) is 0 Å². The van der Waals surface area contributed by atoms with Crippen LogP contribution in [0.1, 0.15) is 87.4 Å². The van der Waals surface area contributed by atoms with Crippen molar-refractivity contribution < 1.29 is 61.5 Å². The predicted octanol–water partition coefficient (Wildman–Crippen LogP) is 4.63. The van der Waals surface area contributed by atoms with Crippen molar-refractivity contribution in [3.63, 3.8) is 0 Å². The third kappa shape index (κ3) is 24.3. The van der Waals surface area contributed by atoms with Crippen molar-refractivity contribution in [2.75, 3.05) is 77.3 Å². The van der Waals surface area contributed by atoms with Crippen LogP contribution in [0.2, 0.25) is 0 Å². The largest absolute Gasteiger partial charge is 0.494 e. The Morgan fingerprint density at radius 1 is 0.536 bits per heavy atom. The maximum atomic E-state index is 12.9. The first-order valence-electron chi connectivity index (χ1n) is 19.2. The fourth-order valence-electron chi connectivity index (χ4n) is 5.19. The first-order chi connectivity index (χ1) is 27.1. The molecule has 0 aromatic heterocycles. The minimum Gasteiger partial charge on any atom is -0.494 e. The zero-order chi connectivity index (χ0) is 40.7. The van der Waals surface area contributed by atoms with Crippen molar-refractivity contribution in [1.82, 2.24) is 10.6 Å². The maximum Gasteiger partial charge on any atom is 0.329 e. The van der Waals surface area contributed by atoms with E-state index in [1.165, 1.54) is 68.5 Å². The highest BCUT2D eigenvalue weighted by atomic mass is 32.2. The van der Waals surface area contributed by atoms with Gasteiger partial charge in [0.2, 0.25) is 5.91 Å². The molecule has 2 amide bonds. The molecule has 0 bridgehead atoms. The summed E-state index contributed by atoms with van der Waals surface area (Å²) in [6.07, 6.45) is 12.3. The normalized spacial score (nSPS) is 11.2. The van der Waals surface area contributed by atoms with Crippen LogP contribution < -0.4 is 20.1 Å². The van der Waals surface area contributed by atoms with Crippen molar-refractivity contribution in [1.29, 1.82) is 0 Å². The molecule has 0 radical (unpaired) electrons. The second-order valence-corrected chi connectivity index (χ2v) is 14.5. The average Bonchev–Trinajstić information content (AvgIpc) is 3.17. The zero-order valence-corrected chi connectivity index (χ0v) is 33.0. The van der Waals surface area contributed by atoms with Gasteiger partial charge in [-0.15, -0.1) is 0 Å². The van der Waals surface area contributed by atoms with Gasteiger partial charge in [0.25, 0.3) is 15.9 Å². The van der Waals surface area contributed by atoms with E-state index >= 15 is 0 Å². The molecule has 16 nitrogen and oxygen atoms in total. The van der Waals surface area contributed by atoms with E-state index in [0.29, 0.717) is 23.6 Å². The summed E-state index contributed by atoms with van der Waals surface area (Å²) in [7, 11) is -3.86. The van der Waals surface area contributed by atoms with Crippen molar-refractivity contribution in [2.45, 2.75) is 81.9 Å². The first-order valence-corrected chi connectivity index (χ1v) is 20.7. The number of ether oxygens (including phenoxy) is 5. The van der Waals surface area contributed by atoms with Gasteiger partial charge in [0.05, 0.1) is 51.1 Å². The number of hydrogen-bond acceptors (Lipinski definition) is 11. The molecule has 0 spiro atoms. The SMILES string of the molecule is O=C(O)CCCCCCCCCCCCCOc1ccc(S(=O)(=O)Nc2ccc(C(=O)NCCOCCOCC(=O)NCCOCCOCC(=O)O)cc2)cc1. The van der Waals surface area contributed by atoms with E-state index in [-0.39, 0.29) is 89.1 Å². The number of sulfonamides is 1. The van der Waals surface area contributed by atoms with Crippen LogP contribution in [0.15, 0.2) is 53.4 Å². The third-order valence-corrected chi connectivity index (χ3v) is 9.54. The Morgan fingerprint density at radius 3 is 1.62 bits per heavy atom. The summed E-state index contributed by atoms with van der Waals surface area (Å²) in [6, 6.07) is 12.3. The highest BCUT2D eigenvalue weighted by Gasteiger charge is 2.15. The lowest BCUT2D eigenvalue weighted by atomic mass is 10.1. The molecule has 2 aromatic carbocycles. The molecule has 0 aliphatic heterocycles. The quantitative estimate of drug-likeness (QED) is 0.0600. The monoisotopic (exact) mass is 809 g/mol. The van der Waals surface area contributed by atoms with Crippen LogP contribution in [-0.4, -0.2) is 115 Å². The molecule has 0 heterocycles. The smallest absolute Gasteiger partial charge is 0.329 e. The van der Waals surface area contributed by atoms with Gasteiger partial charge in [0.15, 0.2) is 0 Å². The Morgan fingerprint density at radius 2 is 1.05 bits per heavy atom. The van der Waals surface area contributed by atoms with Gasteiger partial charge in [-0.1, -0.05) is 57.8 Å². The summed E-state index contributed by atoms with van der Waals surface area (Å²) in [4.78, 5) is 45.2. The van der Waals surface area contributed by atoms with Crippen molar-refractivity contribution >= 4 is 39.5 Å². The number of carbonyl (C=O) groups excluding carboxylic acids is 2. The number of nitrogens with one attached hydrogen (secondary N) is 3. The Kier molecular flexibility index (Phi) is 25.6. The highest BCUT2D eigenvalue weighted by Crippen LogP contribution is 2.20. The second kappa shape index (κ2) is 29.9. The van der Waals surface area contributed by atoms with Crippen LogP contribution in [0.25, 0.3) is 0 Å². The Labute approximate surface area is 330 Å². The van der Waals surface area contributed by atoms with Gasteiger partial charge in [0.1, 0.15) is 19.0 Å². The van der Waals surface area contributed by atoms with E-state index in [0.717, 1.165) is 38.5 Å². The second-order valence-electron chi connectivity index (χ2n) is 12.9. The predicted molar refractivity (Wildman–Crippen MR) is 208 cm³/mol. The van der Waals surface area contributed by atoms with E-state index in [2.05, 4.69) is 15.4 Å². The number of benzene rings is 2.